The summed E-state index contributed by atoms with van der Waals surface area (Å²) >= 11 is 6.64. The zero-order chi connectivity index (χ0) is 17.0. The van der Waals surface area contributed by atoms with Gasteiger partial charge in [0, 0.05) is 25.8 Å². The smallest absolute Gasteiger partial charge is 0.276 e. The van der Waals surface area contributed by atoms with Crippen LogP contribution in [0, 0.1) is 37.8 Å². The lowest BCUT2D eigenvalue weighted by Gasteiger charge is -2.04. The molecule has 0 aliphatic carbocycles. The first-order valence-corrected chi connectivity index (χ1v) is 8.16. The molecule has 22 heavy (non-hydrogen) atoms. The Labute approximate surface area is 147 Å². The summed E-state index contributed by atoms with van der Waals surface area (Å²) in [5.41, 5.74) is 10.5. The van der Waals surface area contributed by atoms with Crippen LogP contribution < -0.4 is 5.73 Å². The van der Waals surface area contributed by atoms with Crippen LogP contribution in [-0.2, 0) is 0 Å². The number of anilines is 1. The van der Waals surface area contributed by atoms with Crippen LogP contribution in [0.3, 0.4) is 0 Å². The van der Waals surface area contributed by atoms with Crippen LogP contribution in [0.2, 0.25) is 0 Å². The number of nitrogens with zero attached hydrogens (tertiary/aromatic N) is 1. The summed E-state index contributed by atoms with van der Waals surface area (Å²) in [6.07, 6.45) is 0. The van der Waals surface area contributed by atoms with Crippen LogP contribution in [0.5, 0.6) is 0 Å². The monoisotopic (exact) mass is 428 g/mol. The molecule has 118 valence electrons. The van der Waals surface area contributed by atoms with Crippen LogP contribution in [0.4, 0.5) is 11.4 Å². The summed E-state index contributed by atoms with van der Waals surface area (Å²) in [6, 6.07) is 7.57. The molecule has 0 radical (unpaired) electrons. The van der Waals surface area contributed by atoms with E-state index in [1.54, 1.807) is 19.9 Å². The van der Waals surface area contributed by atoms with Crippen molar-refractivity contribution in [1.29, 1.82) is 0 Å². The molecule has 0 aliphatic heterocycles. The fraction of sp³-hybridized carbons (Fsp3) is 0.250. The molecule has 2 aromatic carbocycles. The third kappa shape index (κ3) is 4.30. The molecule has 0 saturated carbocycles. The number of rotatable bonds is 1. The Morgan fingerprint density at radius 1 is 0.909 bits per heavy atom. The maximum atomic E-state index is 10.6. The summed E-state index contributed by atoms with van der Waals surface area (Å²) < 4.78 is 1.86. The fourth-order valence-corrected chi connectivity index (χ4v) is 2.59. The summed E-state index contributed by atoms with van der Waals surface area (Å²) in [5.74, 6) is 0. The van der Waals surface area contributed by atoms with Crippen LogP contribution in [0.25, 0.3) is 0 Å². The summed E-state index contributed by atoms with van der Waals surface area (Å²) in [6.45, 7) is 7.48. The highest BCUT2D eigenvalue weighted by atomic mass is 79.9. The number of halogens is 2. The number of nitrogens with two attached hydrogens (primary N) is 1. The Balaban J connectivity index is 0.000000224. The van der Waals surface area contributed by atoms with Gasteiger partial charge in [-0.3, -0.25) is 10.1 Å². The molecule has 0 heterocycles. The molecule has 4 nitrogen and oxygen atoms in total. The van der Waals surface area contributed by atoms with Crippen molar-refractivity contribution in [2.24, 2.45) is 0 Å². The second kappa shape index (κ2) is 7.74. The van der Waals surface area contributed by atoms with Crippen molar-refractivity contribution in [3.63, 3.8) is 0 Å². The van der Waals surface area contributed by atoms with E-state index in [-0.39, 0.29) is 10.6 Å². The molecule has 2 rings (SSSR count). The van der Waals surface area contributed by atoms with E-state index in [0.717, 1.165) is 25.8 Å². The van der Waals surface area contributed by atoms with Crippen molar-refractivity contribution in [3.05, 3.63) is 65.6 Å². The first-order chi connectivity index (χ1) is 10.2. The normalized spacial score (nSPS) is 9.91. The number of hydrogen-bond donors (Lipinski definition) is 1. The average molecular weight is 430 g/mol. The minimum atomic E-state index is -0.352. The topological polar surface area (TPSA) is 69.2 Å². The standard InChI is InChI=1S/C8H8BrNO2.C8H10BrN/c1-5-3-4-7(9)6(2)8(5)10(11)12;1-5-3-4-7(9)6(2)8(5)10/h3-4H,1-2H3;3-4H,10H2,1-2H3. The first kappa shape index (κ1) is 18.6. The lowest BCUT2D eigenvalue weighted by Crippen LogP contribution is -1.95. The van der Waals surface area contributed by atoms with Crippen molar-refractivity contribution in [2.75, 3.05) is 5.73 Å². The number of hydrogen-bond acceptors (Lipinski definition) is 3. The average Bonchev–Trinajstić information content (AvgIpc) is 2.46. The first-order valence-electron chi connectivity index (χ1n) is 6.58. The third-order valence-corrected chi connectivity index (χ3v) is 5.13. The highest BCUT2D eigenvalue weighted by Gasteiger charge is 2.15. The Morgan fingerprint density at radius 3 is 1.77 bits per heavy atom. The molecule has 0 amide bonds. The van der Waals surface area contributed by atoms with Gasteiger partial charge in [-0.15, -0.1) is 0 Å². The molecule has 0 spiro atoms. The molecule has 2 aromatic rings. The van der Waals surface area contributed by atoms with Gasteiger partial charge < -0.3 is 5.73 Å². The van der Waals surface area contributed by atoms with Gasteiger partial charge in [0.2, 0.25) is 0 Å². The fourth-order valence-electron chi connectivity index (χ4n) is 1.93. The number of nitro benzene ring substituents is 1. The van der Waals surface area contributed by atoms with Crippen molar-refractivity contribution in [2.45, 2.75) is 27.7 Å². The minimum absolute atomic E-state index is 0.198. The third-order valence-electron chi connectivity index (χ3n) is 3.42. The summed E-state index contributed by atoms with van der Waals surface area (Å²) in [4.78, 5) is 10.2. The quantitative estimate of drug-likeness (QED) is 0.363. The van der Waals surface area contributed by atoms with Gasteiger partial charge in [-0.05, 0) is 51.0 Å². The lowest BCUT2D eigenvalue weighted by molar-refractivity contribution is -0.386. The highest BCUT2D eigenvalue weighted by Crippen LogP contribution is 2.28. The molecule has 0 atom stereocenters. The van der Waals surface area contributed by atoms with Crippen molar-refractivity contribution >= 4 is 43.2 Å². The van der Waals surface area contributed by atoms with E-state index in [9.17, 15) is 10.1 Å². The highest BCUT2D eigenvalue weighted by molar-refractivity contribution is 9.10. The van der Waals surface area contributed by atoms with Crippen LogP contribution in [-0.4, -0.2) is 4.92 Å². The van der Waals surface area contributed by atoms with Crippen molar-refractivity contribution in [3.8, 4) is 0 Å². The molecule has 0 bridgehead atoms. The zero-order valence-electron chi connectivity index (χ0n) is 12.9. The Bertz CT molecular complexity index is 689. The second-order valence-corrected chi connectivity index (χ2v) is 6.71. The van der Waals surface area contributed by atoms with Gasteiger partial charge >= 0.3 is 0 Å². The molecule has 2 N–H and O–H groups in total. The van der Waals surface area contributed by atoms with Crippen molar-refractivity contribution in [1.82, 2.24) is 0 Å². The van der Waals surface area contributed by atoms with Crippen LogP contribution in [0.15, 0.2) is 33.2 Å². The predicted octanol–water partition coefficient (Wildman–Crippen LogP) is 5.62. The van der Waals surface area contributed by atoms with E-state index in [2.05, 4.69) is 31.9 Å². The van der Waals surface area contributed by atoms with Gasteiger partial charge in [0.1, 0.15) is 0 Å². The molecular weight excluding hydrogens is 412 g/mol. The van der Waals surface area contributed by atoms with Gasteiger partial charge in [-0.2, -0.15) is 0 Å². The Hall–Kier alpha value is -1.40. The molecule has 0 saturated heterocycles. The Kier molecular flexibility index (Phi) is 6.56. The van der Waals surface area contributed by atoms with Gasteiger partial charge in [0.25, 0.3) is 5.69 Å². The number of nitrogen functional groups attached to an aromatic ring is 1. The van der Waals surface area contributed by atoms with E-state index in [1.807, 2.05) is 32.0 Å². The predicted molar refractivity (Wildman–Crippen MR) is 98.3 cm³/mol. The van der Waals surface area contributed by atoms with E-state index < -0.39 is 0 Å². The number of aryl methyl sites for hydroxylation is 2. The van der Waals surface area contributed by atoms with Gasteiger partial charge in [-0.25, -0.2) is 0 Å². The second-order valence-electron chi connectivity index (χ2n) is 5.00. The molecule has 0 aromatic heterocycles. The van der Waals surface area contributed by atoms with Crippen LogP contribution in [0.1, 0.15) is 22.3 Å². The van der Waals surface area contributed by atoms with E-state index >= 15 is 0 Å². The number of nitro groups is 1. The van der Waals surface area contributed by atoms with E-state index in [0.29, 0.717) is 11.1 Å². The molecule has 0 unspecified atom stereocenters. The van der Waals surface area contributed by atoms with Gasteiger partial charge in [-0.1, -0.05) is 44.0 Å². The minimum Gasteiger partial charge on any atom is -0.398 e. The molecule has 6 heteroatoms. The largest absolute Gasteiger partial charge is 0.398 e. The zero-order valence-corrected chi connectivity index (χ0v) is 16.1. The summed E-state index contributed by atoms with van der Waals surface area (Å²) in [7, 11) is 0. The maximum Gasteiger partial charge on any atom is 0.276 e. The molecular formula is C16H18Br2N2O2. The lowest BCUT2D eigenvalue weighted by atomic mass is 10.1. The van der Waals surface area contributed by atoms with Crippen LogP contribution >= 0.6 is 31.9 Å². The van der Waals surface area contributed by atoms with Crippen molar-refractivity contribution < 1.29 is 4.92 Å². The van der Waals surface area contributed by atoms with E-state index in [4.69, 9.17) is 5.73 Å². The number of benzene rings is 2. The van der Waals surface area contributed by atoms with Gasteiger partial charge in [0.15, 0.2) is 0 Å². The molecule has 0 fully saturated rings. The maximum absolute atomic E-state index is 10.6. The molecule has 0 aliphatic rings. The van der Waals surface area contributed by atoms with E-state index in [1.165, 1.54) is 0 Å². The Morgan fingerprint density at radius 2 is 1.36 bits per heavy atom. The van der Waals surface area contributed by atoms with Gasteiger partial charge in [0.05, 0.1) is 4.92 Å². The summed E-state index contributed by atoms with van der Waals surface area (Å²) in [5, 5.41) is 10.6. The SMILES string of the molecule is Cc1ccc(Br)c(C)c1N.Cc1ccc(Br)c(C)c1[N+](=O)[O-].